The number of ether oxygens (including phenoxy) is 4. The van der Waals surface area contributed by atoms with Crippen molar-refractivity contribution in [1.82, 2.24) is 0 Å². The maximum absolute atomic E-state index is 12.8. The van der Waals surface area contributed by atoms with Gasteiger partial charge in [-0.15, -0.1) is 0 Å². The molecule has 8 nitrogen and oxygen atoms in total. The maximum atomic E-state index is 12.8. The van der Waals surface area contributed by atoms with Crippen molar-refractivity contribution in [2.45, 2.75) is 471 Å². The SMILES string of the molecule is CCCCCCCCCCCCCCCCCC(=O)OCC(COC(=O)CCCCCCCCCCCCCCCCC)OC(=O)CCCCCCCCCCCCCCCCC.CCCCCCCCCCCCCCCCCC(=O)OCCCCC. The lowest BCUT2D eigenvalue weighted by Crippen LogP contribution is -2.30. The zero-order valence-corrected chi connectivity index (χ0v) is 60.3. The lowest BCUT2D eigenvalue weighted by Gasteiger charge is -2.18. The zero-order chi connectivity index (χ0) is 64.2. The second kappa shape index (κ2) is 79.1. The Labute approximate surface area is 550 Å². The van der Waals surface area contributed by atoms with Crippen LogP contribution in [0.3, 0.4) is 0 Å². The minimum absolute atomic E-state index is 0.00537. The molecule has 0 spiro atoms. The molecule has 0 aliphatic carbocycles. The van der Waals surface area contributed by atoms with Gasteiger partial charge in [0.25, 0.3) is 0 Å². The Kier molecular flexibility index (Phi) is 79.1. The molecule has 0 atom stereocenters. The Hall–Kier alpha value is -2.12. The van der Waals surface area contributed by atoms with Gasteiger partial charge in [-0.25, -0.2) is 0 Å². The van der Waals surface area contributed by atoms with Crippen molar-refractivity contribution in [3.05, 3.63) is 0 Å². The molecule has 0 aromatic heterocycles. The van der Waals surface area contributed by atoms with E-state index in [4.69, 9.17) is 18.9 Å². The van der Waals surface area contributed by atoms with Crippen molar-refractivity contribution in [1.29, 1.82) is 0 Å². The number of hydrogen-bond acceptors (Lipinski definition) is 8. The molecular formula is C80H156O8. The normalized spacial score (nSPS) is 11.3. The van der Waals surface area contributed by atoms with Crippen LogP contribution < -0.4 is 0 Å². The van der Waals surface area contributed by atoms with Gasteiger partial charge >= 0.3 is 23.9 Å². The van der Waals surface area contributed by atoms with Crippen LogP contribution in [0.1, 0.15) is 465 Å². The molecule has 0 heterocycles. The lowest BCUT2D eigenvalue weighted by molar-refractivity contribution is -0.167. The molecule has 0 radical (unpaired) electrons. The van der Waals surface area contributed by atoms with Crippen LogP contribution in [-0.4, -0.2) is 49.8 Å². The first-order valence-corrected chi connectivity index (χ1v) is 40.0. The minimum atomic E-state index is -0.760. The van der Waals surface area contributed by atoms with Gasteiger partial charge in [-0.05, 0) is 32.1 Å². The number of rotatable bonds is 73. The van der Waals surface area contributed by atoms with Crippen LogP contribution in [0.5, 0.6) is 0 Å². The van der Waals surface area contributed by atoms with Crippen molar-refractivity contribution < 1.29 is 38.1 Å². The summed E-state index contributed by atoms with van der Waals surface area (Å²) in [6.45, 7) is 11.8. The second-order valence-corrected chi connectivity index (χ2v) is 27.2. The van der Waals surface area contributed by atoms with E-state index in [1.54, 1.807) is 0 Å². The summed E-state index contributed by atoms with van der Waals surface area (Å²) in [7, 11) is 0. The van der Waals surface area contributed by atoms with Gasteiger partial charge in [0.2, 0.25) is 0 Å². The highest BCUT2D eigenvalue weighted by molar-refractivity contribution is 5.71. The van der Waals surface area contributed by atoms with Gasteiger partial charge in [0.15, 0.2) is 6.10 Å². The van der Waals surface area contributed by atoms with Crippen LogP contribution in [0.4, 0.5) is 0 Å². The highest BCUT2D eigenvalue weighted by Crippen LogP contribution is 2.19. The Morgan fingerprint density at radius 3 is 0.557 bits per heavy atom. The van der Waals surface area contributed by atoms with Crippen LogP contribution in [0, 0.1) is 0 Å². The van der Waals surface area contributed by atoms with Gasteiger partial charge in [0, 0.05) is 25.7 Å². The summed E-state index contributed by atoms with van der Waals surface area (Å²) in [5.74, 6) is -0.827. The highest BCUT2D eigenvalue weighted by atomic mass is 16.6. The van der Waals surface area contributed by atoms with Gasteiger partial charge < -0.3 is 18.9 Å². The molecule has 0 amide bonds. The summed E-state index contributed by atoms with van der Waals surface area (Å²) in [5.41, 5.74) is 0. The van der Waals surface area contributed by atoms with Crippen LogP contribution in [-0.2, 0) is 38.1 Å². The molecule has 88 heavy (non-hydrogen) atoms. The lowest BCUT2D eigenvalue weighted by atomic mass is 10.0. The number of carbonyl (C=O) groups is 4. The molecule has 0 aliphatic heterocycles. The van der Waals surface area contributed by atoms with E-state index in [0.717, 1.165) is 77.0 Å². The van der Waals surface area contributed by atoms with Crippen LogP contribution >= 0.6 is 0 Å². The molecule has 524 valence electrons. The van der Waals surface area contributed by atoms with E-state index in [1.807, 2.05) is 0 Å². The third kappa shape index (κ3) is 78.1. The van der Waals surface area contributed by atoms with Gasteiger partial charge in [0.05, 0.1) is 6.61 Å². The highest BCUT2D eigenvalue weighted by Gasteiger charge is 2.20. The topological polar surface area (TPSA) is 105 Å². The predicted molar refractivity (Wildman–Crippen MR) is 380 cm³/mol. The maximum Gasteiger partial charge on any atom is 0.306 e. The van der Waals surface area contributed by atoms with E-state index in [2.05, 4.69) is 34.6 Å². The summed E-state index contributed by atoms with van der Waals surface area (Å²) in [5, 5.41) is 0. The first-order valence-electron chi connectivity index (χ1n) is 40.0. The van der Waals surface area contributed by atoms with E-state index in [-0.39, 0.29) is 37.1 Å². The average Bonchev–Trinajstić information content (AvgIpc) is 3.58. The van der Waals surface area contributed by atoms with E-state index in [1.165, 1.54) is 327 Å². The molecule has 0 rings (SSSR count). The Morgan fingerprint density at radius 2 is 0.352 bits per heavy atom. The van der Waals surface area contributed by atoms with E-state index >= 15 is 0 Å². The van der Waals surface area contributed by atoms with Gasteiger partial charge in [0.1, 0.15) is 13.2 Å². The molecule has 0 saturated heterocycles. The first-order chi connectivity index (χ1) is 43.3. The van der Waals surface area contributed by atoms with Crippen molar-refractivity contribution >= 4 is 23.9 Å². The van der Waals surface area contributed by atoms with Gasteiger partial charge in [-0.2, -0.15) is 0 Å². The summed E-state index contributed by atoms with van der Waals surface area (Å²) < 4.78 is 22.1. The second-order valence-electron chi connectivity index (χ2n) is 27.2. The standard InChI is InChI=1S/C57H110O6.C23H46O2/c1-4-7-10-13-16-19-22-25-28-31-34-37-40-43-46-49-55(58)61-52-54(63-57(60)51-48-45-42-39-36-33-30-27-24-21-18-15-12-9-6-3)53-62-56(59)50-47-44-41-38-35-32-29-26-23-20-17-14-11-8-5-2;1-3-5-7-8-9-10-11-12-13-14-15-16-17-18-19-21-23(24)25-22-20-6-4-2/h54H,4-53H2,1-3H3;3-22H2,1-2H3. The largest absolute Gasteiger partial charge is 0.466 e. The van der Waals surface area contributed by atoms with Crippen molar-refractivity contribution in [2.24, 2.45) is 0 Å². The number of carbonyl (C=O) groups excluding carboxylic acids is 4. The Bertz CT molecular complexity index is 1320. The van der Waals surface area contributed by atoms with E-state index < -0.39 is 6.10 Å². The predicted octanol–water partition coefficient (Wildman–Crippen LogP) is 26.8. The molecule has 0 fully saturated rings. The molecule has 0 saturated carbocycles. The number of unbranched alkanes of at least 4 members (excludes halogenated alkanes) is 58. The van der Waals surface area contributed by atoms with E-state index in [0.29, 0.717) is 32.3 Å². The average molecular weight is 1250 g/mol. The van der Waals surface area contributed by atoms with Crippen LogP contribution in [0.2, 0.25) is 0 Å². The van der Waals surface area contributed by atoms with Gasteiger partial charge in [-0.3, -0.25) is 19.2 Å². The number of esters is 4. The zero-order valence-electron chi connectivity index (χ0n) is 60.3. The summed E-state index contributed by atoms with van der Waals surface area (Å²) in [4.78, 5) is 49.6. The fourth-order valence-electron chi connectivity index (χ4n) is 12.0. The molecule has 0 unspecified atom stereocenters. The fraction of sp³-hybridized carbons (Fsp3) is 0.950. The van der Waals surface area contributed by atoms with Crippen molar-refractivity contribution in [3.8, 4) is 0 Å². The quantitative estimate of drug-likeness (QED) is 0.0337. The Balaban J connectivity index is 0. The van der Waals surface area contributed by atoms with E-state index in [9.17, 15) is 19.2 Å². The summed E-state index contributed by atoms with van der Waals surface area (Å²) >= 11 is 0. The third-order valence-corrected chi connectivity index (χ3v) is 18.1. The minimum Gasteiger partial charge on any atom is -0.466 e. The van der Waals surface area contributed by atoms with Gasteiger partial charge in [-0.1, -0.05) is 407 Å². The van der Waals surface area contributed by atoms with Crippen molar-refractivity contribution in [2.75, 3.05) is 19.8 Å². The molecule has 0 bridgehead atoms. The first kappa shape index (κ1) is 87.9. The number of hydrogen-bond donors (Lipinski definition) is 0. The fourth-order valence-corrected chi connectivity index (χ4v) is 12.0. The van der Waals surface area contributed by atoms with Crippen molar-refractivity contribution in [3.63, 3.8) is 0 Å². The molecule has 0 aromatic carbocycles. The van der Waals surface area contributed by atoms with Crippen LogP contribution in [0.15, 0.2) is 0 Å². The molecule has 0 aliphatic rings. The smallest absolute Gasteiger partial charge is 0.306 e. The molecule has 0 N–H and O–H groups in total. The van der Waals surface area contributed by atoms with Crippen LogP contribution in [0.25, 0.3) is 0 Å². The summed E-state index contributed by atoms with van der Waals surface area (Å²) in [6, 6.07) is 0. The molecule has 0 aromatic rings. The summed E-state index contributed by atoms with van der Waals surface area (Å²) in [6.07, 6.45) is 82.3. The molecular weight excluding hydrogens is 1090 g/mol. The Morgan fingerprint density at radius 1 is 0.193 bits per heavy atom. The molecule has 8 heteroatoms. The monoisotopic (exact) mass is 1250 g/mol. The third-order valence-electron chi connectivity index (χ3n) is 18.1.